The van der Waals surface area contributed by atoms with Gasteiger partial charge in [0.2, 0.25) is 5.91 Å². The second-order valence-corrected chi connectivity index (χ2v) is 7.55. The van der Waals surface area contributed by atoms with Crippen molar-refractivity contribution in [1.29, 1.82) is 0 Å². The van der Waals surface area contributed by atoms with Gasteiger partial charge in [0.25, 0.3) is 5.91 Å². The molecule has 0 fully saturated rings. The molecule has 30 heavy (non-hydrogen) atoms. The Bertz CT molecular complexity index is 1110. The summed E-state index contributed by atoms with van der Waals surface area (Å²) in [5.41, 5.74) is 14.3. The lowest BCUT2D eigenvalue weighted by Gasteiger charge is -2.35. The van der Waals surface area contributed by atoms with Crippen molar-refractivity contribution < 1.29 is 9.59 Å². The zero-order valence-electron chi connectivity index (χ0n) is 16.0. The summed E-state index contributed by atoms with van der Waals surface area (Å²) in [5.74, 6) is -1.16. The third-order valence-electron chi connectivity index (χ3n) is 5.32. The van der Waals surface area contributed by atoms with E-state index in [2.05, 4.69) is 9.97 Å². The molecule has 0 saturated carbocycles. The van der Waals surface area contributed by atoms with Gasteiger partial charge in [-0.05, 0) is 41.7 Å². The summed E-state index contributed by atoms with van der Waals surface area (Å²) >= 11 is 6.24. The quantitative estimate of drug-likeness (QED) is 0.656. The molecular formula is C22H20ClN5O2. The summed E-state index contributed by atoms with van der Waals surface area (Å²) in [7, 11) is 0. The molecular weight excluding hydrogens is 402 g/mol. The molecule has 1 aliphatic carbocycles. The highest BCUT2D eigenvalue weighted by molar-refractivity contribution is 6.30. The summed E-state index contributed by atoms with van der Waals surface area (Å²) in [5, 5.41) is 0.558. The van der Waals surface area contributed by atoms with Crippen molar-refractivity contribution in [1.82, 2.24) is 14.9 Å². The van der Waals surface area contributed by atoms with Crippen LogP contribution in [0, 0.1) is 0 Å². The second kappa shape index (κ2) is 8.12. The zero-order chi connectivity index (χ0) is 21.3. The molecule has 4 N–H and O–H groups in total. The van der Waals surface area contributed by atoms with Gasteiger partial charge in [-0.1, -0.05) is 48.0 Å². The highest BCUT2D eigenvalue weighted by Crippen LogP contribution is 2.42. The summed E-state index contributed by atoms with van der Waals surface area (Å²) in [6.45, 7) is 0. The standard InChI is InChI=1S/C22H20ClN5O2/c23-15-8-6-13-7-9-17(16(13)12-15)28(22(30)18-20(24)27-11-10-26-18)19(21(25)29)14-4-2-1-3-5-14/h1-6,8,10-12,17,19H,7,9H2,(H2,24,27)(H2,25,29)/t17-,19-/m1/s1. The number of benzene rings is 2. The van der Waals surface area contributed by atoms with Gasteiger partial charge in [0.05, 0.1) is 6.04 Å². The fourth-order valence-electron chi connectivity index (χ4n) is 4.01. The molecule has 152 valence electrons. The van der Waals surface area contributed by atoms with Crippen LogP contribution in [0.4, 0.5) is 5.82 Å². The van der Waals surface area contributed by atoms with E-state index in [0.29, 0.717) is 17.0 Å². The Morgan fingerprint density at radius 1 is 1.10 bits per heavy atom. The first-order valence-corrected chi connectivity index (χ1v) is 9.87. The molecule has 1 aliphatic rings. The number of aryl methyl sites for hydroxylation is 1. The zero-order valence-corrected chi connectivity index (χ0v) is 16.8. The fraction of sp³-hybridized carbons (Fsp3) is 0.182. The van der Waals surface area contributed by atoms with Crippen molar-refractivity contribution in [3.63, 3.8) is 0 Å². The summed E-state index contributed by atoms with van der Waals surface area (Å²) in [6.07, 6.45) is 4.17. The first-order valence-electron chi connectivity index (χ1n) is 9.49. The van der Waals surface area contributed by atoms with E-state index in [4.69, 9.17) is 23.1 Å². The first kappa shape index (κ1) is 19.8. The number of amides is 2. The molecule has 0 saturated heterocycles. The Morgan fingerprint density at radius 2 is 1.83 bits per heavy atom. The van der Waals surface area contributed by atoms with Gasteiger partial charge in [-0.25, -0.2) is 9.97 Å². The number of carbonyl (C=O) groups is 2. The van der Waals surface area contributed by atoms with Crippen molar-refractivity contribution in [3.05, 3.63) is 88.3 Å². The minimum atomic E-state index is -1.00. The molecule has 7 nitrogen and oxygen atoms in total. The van der Waals surface area contributed by atoms with E-state index in [9.17, 15) is 9.59 Å². The average Bonchev–Trinajstić information content (AvgIpc) is 3.14. The number of hydrogen-bond acceptors (Lipinski definition) is 5. The maximum atomic E-state index is 13.7. The molecule has 2 aromatic carbocycles. The number of primary amides is 1. The monoisotopic (exact) mass is 421 g/mol. The Kier molecular flexibility index (Phi) is 5.37. The SMILES string of the molecule is NC(=O)[C@@H](c1ccccc1)N(C(=O)c1nccnc1N)[C@@H]1CCc2ccc(Cl)cc21. The third kappa shape index (κ3) is 3.59. The van der Waals surface area contributed by atoms with Crippen LogP contribution < -0.4 is 11.5 Å². The lowest BCUT2D eigenvalue weighted by Crippen LogP contribution is -2.44. The molecule has 0 spiro atoms. The number of carbonyl (C=O) groups excluding carboxylic acids is 2. The number of anilines is 1. The van der Waals surface area contributed by atoms with Crippen LogP contribution in [0.1, 0.15) is 45.7 Å². The summed E-state index contributed by atoms with van der Waals surface area (Å²) in [4.78, 5) is 35.9. The average molecular weight is 422 g/mol. The maximum Gasteiger partial charge on any atom is 0.277 e. The minimum absolute atomic E-state index is 0.00639. The molecule has 2 atom stereocenters. The number of rotatable bonds is 5. The smallest absolute Gasteiger partial charge is 0.277 e. The number of fused-ring (bicyclic) bond motifs is 1. The highest BCUT2D eigenvalue weighted by atomic mass is 35.5. The molecule has 1 aromatic heterocycles. The molecule has 0 aliphatic heterocycles. The molecule has 1 heterocycles. The van der Waals surface area contributed by atoms with Gasteiger partial charge in [-0.15, -0.1) is 0 Å². The summed E-state index contributed by atoms with van der Waals surface area (Å²) < 4.78 is 0. The number of hydrogen-bond donors (Lipinski definition) is 2. The Labute approximate surface area is 178 Å². The Hall–Kier alpha value is -3.45. The van der Waals surface area contributed by atoms with E-state index in [1.165, 1.54) is 17.3 Å². The molecule has 8 heteroatoms. The third-order valence-corrected chi connectivity index (χ3v) is 5.55. The molecule has 2 amide bonds. The molecule has 0 unspecified atom stereocenters. The molecule has 0 radical (unpaired) electrons. The van der Waals surface area contributed by atoms with E-state index in [-0.39, 0.29) is 11.5 Å². The largest absolute Gasteiger partial charge is 0.382 e. The maximum absolute atomic E-state index is 13.7. The minimum Gasteiger partial charge on any atom is -0.382 e. The van der Waals surface area contributed by atoms with E-state index >= 15 is 0 Å². The van der Waals surface area contributed by atoms with Crippen LogP contribution in [0.3, 0.4) is 0 Å². The van der Waals surface area contributed by atoms with Crippen molar-refractivity contribution in [2.75, 3.05) is 5.73 Å². The van der Waals surface area contributed by atoms with Gasteiger partial charge in [-0.3, -0.25) is 9.59 Å². The van der Waals surface area contributed by atoms with Gasteiger partial charge in [0.15, 0.2) is 11.5 Å². The Morgan fingerprint density at radius 3 is 2.53 bits per heavy atom. The second-order valence-electron chi connectivity index (χ2n) is 7.12. The predicted molar refractivity (Wildman–Crippen MR) is 114 cm³/mol. The van der Waals surface area contributed by atoms with Gasteiger partial charge in [0, 0.05) is 17.4 Å². The van der Waals surface area contributed by atoms with Gasteiger partial charge < -0.3 is 16.4 Å². The van der Waals surface area contributed by atoms with Crippen LogP contribution >= 0.6 is 11.6 Å². The van der Waals surface area contributed by atoms with Crippen molar-refractivity contribution in [2.24, 2.45) is 5.73 Å². The predicted octanol–water partition coefficient (Wildman–Crippen LogP) is 3.07. The van der Waals surface area contributed by atoms with E-state index in [0.717, 1.165) is 17.5 Å². The van der Waals surface area contributed by atoms with Gasteiger partial charge in [0.1, 0.15) is 6.04 Å². The van der Waals surface area contributed by atoms with E-state index in [1.807, 2.05) is 24.3 Å². The normalized spacial score (nSPS) is 16.0. The van der Waals surface area contributed by atoms with Crippen LogP contribution in [-0.4, -0.2) is 26.7 Å². The lowest BCUT2D eigenvalue weighted by molar-refractivity contribution is -0.123. The van der Waals surface area contributed by atoms with Crippen molar-refractivity contribution in [2.45, 2.75) is 24.9 Å². The lowest BCUT2D eigenvalue weighted by atomic mass is 9.98. The number of nitrogen functional groups attached to an aromatic ring is 1. The van der Waals surface area contributed by atoms with E-state index in [1.54, 1.807) is 24.3 Å². The highest BCUT2D eigenvalue weighted by Gasteiger charge is 2.40. The molecule has 0 bridgehead atoms. The fourth-order valence-corrected chi connectivity index (χ4v) is 4.19. The Balaban J connectivity index is 1.88. The van der Waals surface area contributed by atoms with E-state index < -0.39 is 23.9 Å². The van der Waals surface area contributed by atoms with Gasteiger partial charge >= 0.3 is 0 Å². The van der Waals surface area contributed by atoms with Crippen LogP contribution in [0.15, 0.2) is 60.9 Å². The number of nitrogens with two attached hydrogens (primary N) is 2. The van der Waals surface area contributed by atoms with Crippen molar-refractivity contribution in [3.8, 4) is 0 Å². The number of halogens is 1. The van der Waals surface area contributed by atoms with Crippen molar-refractivity contribution >= 4 is 29.2 Å². The van der Waals surface area contributed by atoms with Gasteiger partial charge in [-0.2, -0.15) is 0 Å². The molecule has 3 aromatic rings. The van der Waals surface area contributed by atoms with Crippen LogP contribution in [0.2, 0.25) is 5.02 Å². The van der Waals surface area contributed by atoms with Crippen LogP contribution in [-0.2, 0) is 11.2 Å². The van der Waals surface area contributed by atoms with Crippen LogP contribution in [0.25, 0.3) is 0 Å². The summed E-state index contributed by atoms with van der Waals surface area (Å²) in [6, 6.07) is 13.1. The topological polar surface area (TPSA) is 115 Å². The van der Waals surface area contributed by atoms with Crippen LogP contribution in [0.5, 0.6) is 0 Å². The number of aromatic nitrogens is 2. The first-order chi connectivity index (χ1) is 14.5. The molecule has 4 rings (SSSR count). The number of nitrogens with zero attached hydrogens (tertiary/aromatic N) is 3.